The third-order valence-electron chi connectivity index (χ3n) is 4.52. The molecule has 0 bridgehead atoms. The van der Waals surface area contributed by atoms with Gasteiger partial charge in [0.05, 0.1) is 22.8 Å². The molecule has 0 fully saturated rings. The number of pyridine rings is 1. The van der Waals surface area contributed by atoms with Gasteiger partial charge in [0.15, 0.2) is 0 Å². The molecule has 1 aromatic heterocycles. The summed E-state index contributed by atoms with van der Waals surface area (Å²) in [5.74, 6) is 0.00451. The number of carbonyl (C=O) groups excluding carboxylic acids is 2. The van der Waals surface area contributed by atoms with Gasteiger partial charge in [-0.05, 0) is 37.1 Å². The summed E-state index contributed by atoms with van der Waals surface area (Å²) in [6.45, 7) is 4.54. The number of aryl methyl sites for hydroxylation is 1. The lowest BCUT2D eigenvalue weighted by Crippen LogP contribution is -2.39. The molecule has 0 spiro atoms. The zero-order chi connectivity index (χ0) is 20.6. The molecule has 150 valence electrons. The summed E-state index contributed by atoms with van der Waals surface area (Å²) in [6.07, 6.45) is 0.794. The molecule has 0 saturated heterocycles. The van der Waals surface area contributed by atoms with Crippen LogP contribution in [0, 0.1) is 6.92 Å². The smallest absolute Gasteiger partial charge is 0.244 e. The second-order valence-corrected chi connectivity index (χ2v) is 7.80. The number of rotatable bonds is 8. The molecule has 2 aromatic carbocycles. The van der Waals surface area contributed by atoms with Crippen LogP contribution in [0.1, 0.15) is 18.9 Å². The molecule has 0 aliphatic carbocycles. The molecule has 1 heterocycles. The highest BCUT2D eigenvalue weighted by atomic mass is 32.2. The molecule has 29 heavy (non-hydrogen) atoms. The average Bonchev–Trinajstić information content (AvgIpc) is 2.73. The standard InChI is InChI=1S/C23H25N3O2S/c1-3-14-26(15-21(27)24-19-10-6-4-8-17(19)2)23(28)16-29-22-13-12-18-9-5-7-11-20(18)25-22/h4-13H,3,14-16H2,1-2H3,(H,24,27). The quantitative estimate of drug-likeness (QED) is 0.558. The number of nitrogens with one attached hydrogen (secondary N) is 1. The van der Waals surface area contributed by atoms with E-state index in [1.54, 1.807) is 4.90 Å². The van der Waals surface area contributed by atoms with Crippen molar-refractivity contribution >= 4 is 40.2 Å². The van der Waals surface area contributed by atoms with Crippen molar-refractivity contribution in [2.45, 2.75) is 25.3 Å². The Hall–Kier alpha value is -2.86. The maximum atomic E-state index is 12.7. The number of hydrogen-bond acceptors (Lipinski definition) is 4. The molecule has 0 aliphatic rings. The van der Waals surface area contributed by atoms with E-state index in [0.717, 1.165) is 33.6 Å². The van der Waals surface area contributed by atoms with Crippen molar-refractivity contribution < 1.29 is 9.59 Å². The first-order valence-corrected chi connectivity index (χ1v) is 10.7. The van der Waals surface area contributed by atoms with Crippen LogP contribution < -0.4 is 5.32 Å². The molecule has 0 saturated carbocycles. The van der Waals surface area contributed by atoms with Gasteiger partial charge in [-0.15, -0.1) is 0 Å². The summed E-state index contributed by atoms with van der Waals surface area (Å²) in [6, 6.07) is 19.4. The molecule has 0 unspecified atom stereocenters. The first kappa shape index (κ1) is 20.9. The summed E-state index contributed by atoms with van der Waals surface area (Å²) in [4.78, 5) is 31.4. The van der Waals surface area contributed by atoms with Crippen LogP contribution in [0.15, 0.2) is 65.7 Å². The molecule has 0 aliphatic heterocycles. The topological polar surface area (TPSA) is 62.3 Å². The van der Waals surface area contributed by atoms with Crippen LogP contribution in [0.5, 0.6) is 0 Å². The van der Waals surface area contributed by atoms with E-state index >= 15 is 0 Å². The minimum absolute atomic E-state index is 0.0483. The van der Waals surface area contributed by atoms with Crippen molar-refractivity contribution in [2.24, 2.45) is 0 Å². The largest absolute Gasteiger partial charge is 0.333 e. The van der Waals surface area contributed by atoms with Crippen LogP contribution in [0.25, 0.3) is 10.9 Å². The normalized spacial score (nSPS) is 10.7. The highest BCUT2D eigenvalue weighted by Crippen LogP contribution is 2.20. The van der Waals surface area contributed by atoms with E-state index in [1.165, 1.54) is 11.8 Å². The third-order valence-corrected chi connectivity index (χ3v) is 5.43. The highest BCUT2D eigenvalue weighted by Gasteiger charge is 2.17. The van der Waals surface area contributed by atoms with E-state index in [2.05, 4.69) is 10.3 Å². The summed E-state index contributed by atoms with van der Waals surface area (Å²) in [5, 5.41) is 4.77. The fourth-order valence-electron chi connectivity index (χ4n) is 2.99. The number of anilines is 1. The number of hydrogen-bond donors (Lipinski definition) is 1. The van der Waals surface area contributed by atoms with Crippen molar-refractivity contribution in [3.8, 4) is 0 Å². The molecule has 1 N–H and O–H groups in total. The van der Waals surface area contributed by atoms with Gasteiger partial charge in [-0.3, -0.25) is 9.59 Å². The Morgan fingerprint density at radius 2 is 1.79 bits per heavy atom. The van der Waals surface area contributed by atoms with E-state index in [-0.39, 0.29) is 24.1 Å². The van der Waals surface area contributed by atoms with Gasteiger partial charge >= 0.3 is 0 Å². The molecule has 6 heteroatoms. The van der Waals surface area contributed by atoms with E-state index in [1.807, 2.05) is 74.5 Å². The van der Waals surface area contributed by atoms with Crippen molar-refractivity contribution in [2.75, 3.05) is 24.2 Å². The minimum atomic E-state index is -0.185. The maximum absolute atomic E-state index is 12.7. The number of aromatic nitrogens is 1. The number of fused-ring (bicyclic) bond motifs is 1. The summed E-state index contributed by atoms with van der Waals surface area (Å²) < 4.78 is 0. The van der Waals surface area contributed by atoms with Gasteiger partial charge in [-0.2, -0.15) is 0 Å². The Labute approximate surface area is 175 Å². The predicted molar refractivity (Wildman–Crippen MR) is 119 cm³/mol. The third kappa shape index (κ3) is 5.81. The lowest BCUT2D eigenvalue weighted by atomic mass is 10.2. The second kappa shape index (κ2) is 10.1. The van der Waals surface area contributed by atoms with Crippen molar-refractivity contribution in [3.63, 3.8) is 0 Å². The molecular formula is C23H25N3O2S. The van der Waals surface area contributed by atoms with E-state index in [4.69, 9.17) is 0 Å². The number of nitrogens with zero attached hydrogens (tertiary/aromatic N) is 2. The lowest BCUT2D eigenvalue weighted by Gasteiger charge is -2.21. The van der Waals surface area contributed by atoms with Gasteiger partial charge < -0.3 is 10.2 Å². The van der Waals surface area contributed by atoms with Crippen LogP contribution in [-0.2, 0) is 9.59 Å². The Morgan fingerprint density at radius 3 is 2.59 bits per heavy atom. The summed E-state index contributed by atoms with van der Waals surface area (Å²) >= 11 is 1.40. The molecule has 5 nitrogen and oxygen atoms in total. The van der Waals surface area contributed by atoms with E-state index in [9.17, 15) is 9.59 Å². The van der Waals surface area contributed by atoms with Crippen molar-refractivity contribution in [1.29, 1.82) is 0 Å². The van der Waals surface area contributed by atoms with E-state index < -0.39 is 0 Å². The maximum Gasteiger partial charge on any atom is 0.244 e. The van der Waals surface area contributed by atoms with Crippen LogP contribution in [0.2, 0.25) is 0 Å². The molecular weight excluding hydrogens is 382 g/mol. The number of carbonyl (C=O) groups is 2. The summed E-state index contributed by atoms with van der Waals surface area (Å²) in [7, 11) is 0. The van der Waals surface area contributed by atoms with Crippen LogP contribution in [-0.4, -0.2) is 40.5 Å². The zero-order valence-corrected chi connectivity index (χ0v) is 17.5. The zero-order valence-electron chi connectivity index (χ0n) is 16.7. The Morgan fingerprint density at radius 1 is 1.03 bits per heavy atom. The van der Waals surface area contributed by atoms with Crippen molar-refractivity contribution in [3.05, 3.63) is 66.2 Å². The van der Waals surface area contributed by atoms with Gasteiger partial charge in [0, 0.05) is 17.6 Å². The molecule has 2 amide bonds. The second-order valence-electron chi connectivity index (χ2n) is 6.81. The molecule has 0 radical (unpaired) electrons. The first-order chi connectivity index (χ1) is 14.1. The number of thioether (sulfide) groups is 1. The van der Waals surface area contributed by atoms with Crippen LogP contribution in [0.4, 0.5) is 5.69 Å². The number of para-hydroxylation sites is 2. The van der Waals surface area contributed by atoms with Gasteiger partial charge in [-0.1, -0.05) is 61.2 Å². The van der Waals surface area contributed by atoms with Gasteiger partial charge in [0.25, 0.3) is 0 Å². The Bertz CT molecular complexity index is 1010. The van der Waals surface area contributed by atoms with Gasteiger partial charge in [-0.25, -0.2) is 4.98 Å². The minimum Gasteiger partial charge on any atom is -0.333 e. The van der Waals surface area contributed by atoms with Gasteiger partial charge in [0.2, 0.25) is 11.8 Å². The fourth-order valence-corrected chi connectivity index (χ4v) is 3.77. The predicted octanol–water partition coefficient (Wildman–Crippen LogP) is 4.51. The average molecular weight is 408 g/mol. The lowest BCUT2D eigenvalue weighted by molar-refractivity contribution is -0.132. The molecule has 0 atom stereocenters. The fraction of sp³-hybridized carbons (Fsp3) is 0.261. The van der Waals surface area contributed by atoms with Gasteiger partial charge in [0.1, 0.15) is 0 Å². The Kier molecular flexibility index (Phi) is 7.25. The monoisotopic (exact) mass is 407 g/mol. The first-order valence-electron chi connectivity index (χ1n) is 9.68. The molecule has 3 aromatic rings. The molecule has 3 rings (SSSR count). The SMILES string of the molecule is CCCN(CC(=O)Nc1ccccc1C)C(=O)CSc1ccc2ccccc2n1. The van der Waals surface area contributed by atoms with Crippen LogP contribution >= 0.6 is 11.8 Å². The van der Waals surface area contributed by atoms with E-state index in [0.29, 0.717) is 6.54 Å². The summed E-state index contributed by atoms with van der Waals surface area (Å²) in [5.41, 5.74) is 2.68. The number of amides is 2. The highest BCUT2D eigenvalue weighted by molar-refractivity contribution is 7.99. The van der Waals surface area contributed by atoms with Crippen molar-refractivity contribution in [1.82, 2.24) is 9.88 Å². The number of benzene rings is 2. The van der Waals surface area contributed by atoms with Crippen LogP contribution in [0.3, 0.4) is 0 Å². The Balaban J connectivity index is 1.59.